The zero-order chi connectivity index (χ0) is 13.1. The van der Waals surface area contributed by atoms with Crippen LogP contribution in [0.1, 0.15) is 46.3 Å². The number of alkyl halides is 1. The lowest BCUT2D eigenvalue weighted by atomic mass is 9.82. The van der Waals surface area contributed by atoms with E-state index in [4.69, 9.17) is 0 Å². The van der Waals surface area contributed by atoms with Gasteiger partial charge in [0, 0.05) is 24.7 Å². The van der Waals surface area contributed by atoms with Crippen molar-refractivity contribution in [2.24, 2.45) is 11.3 Å². The van der Waals surface area contributed by atoms with Crippen LogP contribution < -0.4 is 0 Å². The van der Waals surface area contributed by atoms with Gasteiger partial charge in [0.2, 0.25) is 0 Å². The zero-order valence-electron chi connectivity index (χ0n) is 11.6. The average molecular weight is 302 g/mol. The molecule has 1 aromatic rings. The minimum absolute atomic E-state index is 0.285. The highest BCUT2D eigenvalue weighted by Gasteiger charge is 2.25. The van der Waals surface area contributed by atoms with E-state index in [2.05, 4.69) is 65.3 Å². The molecule has 1 unspecified atom stereocenters. The lowest BCUT2D eigenvalue weighted by Gasteiger charge is -2.29. The second-order valence-corrected chi connectivity index (χ2v) is 6.20. The maximum Gasteiger partial charge on any atom is 0.150 e. The fraction of sp³-hybridized carbons (Fsp3) is 0.846. The molecule has 4 heteroatoms. The van der Waals surface area contributed by atoms with Crippen molar-refractivity contribution >= 4 is 15.9 Å². The Bertz CT molecular complexity index is 352. The first kappa shape index (κ1) is 14.7. The van der Waals surface area contributed by atoms with Gasteiger partial charge in [0.05, 0.1) is 0 Å². The molecule has 0 aromatic carbocycles. The van der Waals surface area contributed by atoms with Crippen LogP contribution in [0.4, 0.5) is 0 Å². The lowest BCUT2D eigenvalue weighted by Crippen LogP contribution is -2.27. The summed E-state index contributed by atoms with van der Waals surface area (Å²) in [4.78, 5) is 4.55. The van der Waals surface area contributed by atoms with Crippen LogP contribution in [0.2, 0.25) is 0 Å². The Kier molecular flexibility index (Phi) is 5.17. The molecule has 0 radical (unpaired) electrons. The van der Waals surface area contributed by atoms with Crippen molar-refractivity contribution in [2.45, 2.75) is 54.0 Å². The zero-order valence-corrected chi connectivity index (χ0v) is 13.2. The summed E-state index contributed by atoms with van der Waals surface area (Å²) >= 11 is 3.62. The molecule has 0 N–H and O–H groups in total. The second-order valence-electron chi connectivity index (χ2n) is 5.55. The molecule has 0 bridgehead atoms. The molecule has 0 fully saturated rings. The van der Waals surface area contributed by atoms with Gasteiger partial charge in [-0.05, 0) is 11.3 Å². The van der Waals surface area contributed by atoms with E-state index in [9.17, 15) is 0 Å². The van der Waals surface area contributed by atoms with Gasteiger partial charge in [0.15, 0.2) is 5.82 Å². The van der Waals surface area contributed by atoms with Gasteiger partial charge in [0.1, 0.15) is 5.82 Å². The van der Waals surface area contributed by atoms with Crippen molar-refractivity contribution in [1.29, 1.82) is 0 Å². The van der Waals surface area contributed by atoms with E-state index >= 15 is 0 Å². The summed E-state index contributed by atoms with van der Waals surface area (Å²) in [7, 11) is 0. The second kappa shape index (κ2) is 5.98. The van der Waals surface area contributed by atoms with Gasteiger partial charge in [-0.15, -0.1) is 0 Å². The summed E-state index contributed by atoms with van der Waals surface area (Å²) < 4.78 is 2.09. The SMILES string of the molecule is CCc1nc(CC)n(CC(CBr)C(C)(C)C)n1. The highest BCUT2D eigenvalue weighted by Crippen LogP contribution is 2.29. The van der Waals surface area contributed by atoms with Crippen LogP contribution >= 0.6 is 15.9 Å². The van der Waals surface area contributed by atoms with Crippen molar-refractivity contribution in [2.75, 3.05) is 5.33 Å². The minimum Gasteiger partial charge on any atom is -0.250 e. The van der Waals surface area contributed by atoms with Gasteiger partial charge in [-0.3, -0.25) is 0 Å². The molecule has 0 spiro atoms. The first-order valence-electron chi connectivity index (χ1n) is 6.40. The van der Waals surface area contributed by atoms with Crippen LogP contribution in [-0.4, -0.2) is 20.1 Å². The predicted octanol–water partition coefficient (Wildman–Crippen LogP) is 3.46. The summed E-state index contributed by atoms with van der Waals surface area (Å²) in [5.41, 5.74) is 0.285. The molecule has 0 aliphatic rings. The van der Waals surface area contributed by atoms with Crippen LogP contribution in [0.25, 0.3) is 0 Å². The number of nitrogens with zero attached hydrogens (tertiary/aromatic N) is 3. The van der Waals surface area contributed by atoms with E-state index in [0.717, 1.165) is 36.4 Å². The summed E-state index contributed by atoms with van der Waals surface area (Å²) in [6.45, 7) is 12.0. The predicted molar refractivity (Wildman–Crippen MR) is 75.5 cm³/mol. The first-order valence-corrected chi connectivity index (χ1v) is 7.53. The molecular formula is C13H24BrN3. The molecule has 1 heterocycles. The van der Waals surface area contributed by atoms with Gasteiger partial charge in [-0.25, -0.2) is 9.67 Å². The van der Waals surface area contributed by atoms with Crippen LogP contribution in [0.5, 0.6) is 0 Å². The maximum absolute atomic E-state index is 4.59. The topological polar surface area (TPSA) is 30.7 Å². The first-order chi connectivity index (χ1) is 7.92. The third kappa shape index (κ3) is 3.80. The Morgan fingerprint density at radius 1 is 1.24 bits per heavy atom. The molecule has 1 rings (SSSR count). The van der Waals surface area contributed by atoms with Crippen LogP contribution in [0.3, 0.4) is 0 Å². The van der Waals surface area contributed by atoms with Crippen LogP contribution in [0.15, 0.2) is 0 Å². The van der Waals surface area contributed by atoms with E-state index in [-0.39, 0.29) is 5.41 Å². The van der Waals surface area contributed by atoms with Gasteiger partial charge in [-0.1, -0.05) is 50.5 Å². The van der Waals surface area contributed by atoms with E-state index in [0.29, 0.717) is 5.92 Å². The van der Waals surface area contributed by atoms with Crippen molar-refractivity contribution in [3.8, 4) is 0 Å². The molecule has 0 amide bonds. The van der Waals surface area contributed by atoms with E-state index < -0.39 is 0 Å². The standard InChI is InChI=1S/C13H24BrN3/c1-6-11-15-12(7-2)17(16-11)9-10(8-14)13(3,4)5/h10H,6-9H2,1-5H3. The molecule has 1 aromatic heterocycles. The Morgan fingerprint density at radius 3 is 2.29 bits per heavy atom. The van der Waals surface area contributed by atoms with E-state index in [1.165, 1.54) is 0 Å². The van der Waals surface area contributed by atoms with Gasteiger partial charge in [-0.2, -0.15) is 5.10 Å². The molecule has 0 saturated heterocycles. The van der Waals surface area contributed by atoms with E-state index in [1.807, 2.05) is 0 Å². The quantitative estimate of drug-likeness (QED) is 0.780. The number of aryl methyl sites for hydroxylation is 2. The number of hydrogen-bond donors (Lipinski definition) is 0. The smallest absolute Gasteiger partial charge is 0.150 e. The molecule has 0 saturated carbocycles. The van der Waals surface area contributed by atoms with Crippen molar-refractivity contribution < 1.29 is 0 Å². The molecule has 0 aliphatic carbocycles. The molecule has 1 atom stereocenters. The molecule has 3 nitrogen and oxygen atoms in total. The highest BCUT2D eigenvalue weighted by molar-refractivity contribution is 9.09. The largest absolute Gasteiger partial charge is 0.250 e. The van der Waals surface area contributed by atoms with Gasteiger partial charge >= 0.3 is 0 Å². The fourth-order valence-electron chi connectivity index (χ4n) is 1.75. The minimum atomic E-state index is 0.285. The van der Waals surface area contributed by atoms with Crippen molar-refractivity contribution in [3.63, 3.8) is 0 Å². The molecular weight excluding hydrogens is 278 g/mol. The third-order valence-corrected chi connectivity index (χ3v) is 4.01. The number of hydrogen-bond acceptors (Lipinski definition) is 2. The lowest BCUT2D eigenvalue weighted by molar-refractivity contribution is 0.229. The Morgan fingerprint density at radius 2 is 1.88 bits per heavy atom. The Hall–Kier alpha value is -0.380. The van der Waals surface area contributed by atoms with Crippen LogP contribution in [-0.2, 0) is 19.4 Å². The number of aromatic nitrogens is 3. The molecule has 98 valence electrons. The Labute approximate surface area is 113 Å². The Balaban J connectivity index is 2.89. The number of halogens is 1. The van der Waals surface area contributed by atoms with Crippen molar-refractivity contribution in [1.82, 2.24) is 14.8 Å². The van der Waals surface area contributed by atoms with Gasteiger partial charge in [0.25, 0.3) is 0 Å². The van der Waals surface area contributed by atoms with E-state index in [1.54, 1.807) is 0 Å². The monoisotopic (exact) mass is 301 g/mol. The van der Waals surface area contributed by atoms with Gasteiger partial charge < -0.3 is 0 Å². The van der Waals surface area contributed by atoms with Crippen molar-refractivity contribution in [3.05, 3.63) is 11.6 Å². The summed E-state index contributed by atoms with van der Waals surface area (Å²) in [6.07, 6.45) is 1.86. The third-order valence-electron chi connectivity index (χ3n) is 3.23. The summed E-state index contributed by atoms with van der Waals surface area (Å²) in [6, 6.07) is 0. The summed E-state index contributed by atoms with van der Waals surface area (Å²) in [5, 5.41) is 5.59. The molecule has 0 aliphatic heterocycles. The molecule has 17 heavy (non-hydrogen) atoms. The highest BCUT2D eigenvalue weighted by atomic mass is 79.9. The normalized spacial score (nSPS) is 14.0. The fourth-order valence-corrected chi connectivity index (χ4v) is 2.92. The summed E-state index contributed by atoms with van der Waals surface area (Å²) in [5.74, 6) is 2.64. The van der Waals surface area contributed by atoms with Crippen LogP contribution in [0, 0.1) is 11.3 Å². The average Bonchev–Trinajstić information content (AvgIpc) is 2.66. The maximum atomic E-state index is 4.59. The number of rotatable bonds is 5.